The lowest BCUT2D eigenvalue weighted by Crippen LogP contribution is -2.04. The van der Waals surface area contributed by atoms with E-state index in [0.29, 0.717) is 18.7 Å². The van der Waals surface area contributed by atoms with Crippen LogP contribution in [-0.4, -0.2) is 13.2 Å². The fraction of sp³-hybridized carbons (Fsp3) is 0.300. The SMILES string of the molecule is N#Cc1c(F)cccc1NCCCF. The van der Waals surface area contributed by atoms with Gasteiger partial charge < -0.3 is 5.32 Å². The van der Waals surface area contributed by atoms with E-state index in [1.165, 1.54) is 12.1 Å². The van der Waals surface area contributed by atoms with Crippen LogP contribution in [0.4, 0.5) is 14.5 Å². The van der Waals surface area contributed by atoms with Gasteiger partial charge in [0.15, 0.2) is 0 Å². The standard InChI is InChI=1S/C10H10F2N2/c11-5-2-6-14-10-4-1-3-9(12)8(10)7-13/h1,3-4,14H,2,5-6H2. The van der Waals surface area contributed by atoms with Crippen molar-refractivity contribution in [3.8, 4) is 6.07 Å². The predicted molar refractivity (Wildman–Crippen MR) is 50.2 cm³/mol. The molecule has 14 heavy (non-hydrogen) atoms. The zero-order valence-electron chi connectivity index (χ0n) is 7.56. The van der Waals surface area contributed by atoms with E-state index >= 15 is 0 Å². The molecular weight excluding hydrogens is 186 g/mol. The lowest BCUT2D eigenvalue weighted by atomic mass is 10.2. The average Bonchev–Trinajstić information content (AvgIpc) is 2.18. The Hall–Kier alpha value is -1.63. The van der Waals surface area contributed by atoms with Gasteiger partial charge in [-0.1, -0.05) is 6.07 Å². The molecule has 0 amide bonds. The van der Waals surface area contributed by atoms with Crippen molar-refractivity contribution in [1.29, 1.82) is 5.26 Å². The highest BCUT2D eigenvalue weighted by Gasteiger charge is 2.06. The molecule has 1 aromatic carbocycles. The number of hydrogen-bond donors (Lipinski definition) is 1. The van der Waals surface area contributed by atoms with Crippen LogP contribution in [0.3, 0.4) is 0 Å². The Labute approximate surface area is 81.2 Å². The lowest BCUT2D eigenvalue weighted by Gasteiger charge is -2.06. The molecule has 0 unspecified atom stereocenters. The summed E-state index contributed by atoms with van der Waals surface area (Å²) in [5.74, 6) is -0.558. The number of halogens is 2. The third kappa shape index (κ3) is 2.43. The predicted octanol–water partition coefficient (Wildman–Crippen LogP) is 2.47. The largest absolute Gasteiger partial charge is 0.384 e. The van der Waals surface area contributed by atoms with Crippen molar-refractivity contribution in [3.05, 3.63) is 29.6 Å². The Morgan fingerprint density at radius 3 is 2.86 bits per heavy atom. The molecule has 4 heteroatoms. The second kappa shape index (κ2) is 5.18. The van der Waals surface area contributed by atoms with Gasteiger partial charge in [-0.25, -0.2) is 4.39 Å². The maximum absolute atomic E-state index is 13.0. The van der Waals surface area contributed by atoms with Crippen LogP contribution < -0.4 is 5.32 Å². The van der Waals surface area contributed by atoms with Crippen molar-refractivity contribution < 1.29 is 8.78 Å². The Morgan fingerprint density at radius 1 is 1.43 bits per heavy atom. The normalized spacial score (nSPS) is 9.50. The number of rotatable bonds is 4. The molecule has 74 valence electrons. The number of benzene rings is 1. The summed E-state index contributed by atoms with van der Waals surface area (Å²) in [4.78, 5) is 0. The smallest absolute Gasteiger partial charge is 0.143 e. The van der Waals surface area contributed by atoms with Crippen molar-refractivity contribution in [2.75, 3.05) is 18.5 Å². The molecule has 0 aromatic heterocycles. The third-order valence-electron chi connectivity index (χ3n) is 1.75. The zero-order chi connectivity index (χ0) is 10.4. The minimum atomic E-state index is -0.558. The summed E-state index contributed by atoms with van der Waals surface area (Å²) >= 11 is 0. The van der Waals surface area contributed by atoms with E-state index in [1.807, 2.05) is 0 Å². The summed E-state index contributed by atoms with van der Waals surface area (Å²) in [7, 11) is 0. The van der Waals surface area contributed by atoms with Crippen molar-refractivity contribution in [2.45, 2.75) is 6.42 Å². The molecule has 0 fully saturated rings. The highest BCUT2D eigenvalue weighted by molar-refractivity contribution is 5.57. The van der Waals surface area contributed by atoms with Gasteiger partial charge in [-0.05, 0) is 18.6 Å². The Morgan fingerprint density at radius 2 is 2.21 bits per heavy atom. The Bertz CT molecular complexity index is 344. The van der Waals surface area contributed by atoms with Gasteiger partial charge in [-0.15, -0.1) is 0 Å². The fourth-order valence-corrected chi connectivity index (χ4v) is 1.07. The topological polar surface area (TPSA) is 35.8 Å². The molecule has 0 aliphatic carbocycles. The summed E-state index contributed by atoms with van der Waals surface area (Å²) in [6, 6.07) is 6.09. The summed E-state index contributed by atoms with van der Waals surface area (Å²) < 4.78 is 24.8. The fourth-order valence-electron chi connectivity index (χ4n) is 1.07. The number of nitriles is 1. The summed E-state index contributed by atoms with van der Waals surface area (Å²) in [6.07, 6.45) is 0.349. The van der Waals surface area contributed by atoms with E-state index in [4.69, 9.17) is 5.26 Å². The first-order chi connectivity index (χ1) is 6.79. The zero-order valence-corrected chi connectivity index (χ0v) is 7.56. The Balaban J connectivity index is 2.76. The summed E-state index contributed by atoms with van der Waals surface area (Å²) in [6.45, 7) is -0.0289. The second-order valence-corrected chi connectivity index (χ2v) is 2.74. The van der Waals surface area contributed by atoms with E-state index in [-0.39, 0.29) is 5.56 Å². The molecular formula is C10H10F2N2. The van der Waals surface area contributed by atoms with E-state index < -0.39 is 12.5 Å². The minimum absolute atomic E-state index is 0.0219. The van der Waals surface area contributed by atoms with Gasteiger partial charge in [0.25, 0.3) is 0 Å². The molecule has 1 aromatic rings. The molecule has 0 heterocycles. The van der Waals surface area contributed by atoms with Gasteiger partial charge in [-0.3, -0.25) is 4.39 Å². The molecule has 2 nitrogen and oxygen atoms in total. The maximum Gasteiger partial charge on any atom is 0.143 e. The first-order valence-electron chi connectivity index (χ1n) is 4.28. The molecule has 0 saturated heterocycles. The third-order valence-corrected chi connectivity index (χ3v) is 1.75. The molecule has 0 aliphatic rings. The monoisotopic (exact) mass is 196 g/mol. The Kier molecular flexibility index (Phi) is 3.86. The molecule has 0 bridgehead atoms. The van der Waals surface area contributed by atoms with Gasteiger partial charge >= 0.3 is 0 Å². The van der Waals surface area contributed by atoms with Gasteiger partial charge in [0, 0.05) is 6.54 Å². The van der Waals surface area contributed by atoms with Gasteiger partial charge in [0.2, 0.25) is 0 Å². The quantitative estimate of drug-likeness (QED) is 0.751. The first-order valence-corrected chi connectivity index (χ1v) is 4.28. The highest BCUT2D eigenvalue weighted by atomic mass is 19.1. The molecule has 1 N–H and O–H groups in total. The van der Waals surface area contributed by atoms with Crippen LogP contribution in [0.2, 0.25) is 0 Å². The van der Waals surface area contributed by atoms with Gasteiger partial charge in [0.1, 0.15) is 17.4 Å². The van der Waals surface area contributed by atoms with Crippen LogP contribution in [0.1, 0.15) is 12.0 Å². The van der Waals surface area contributed by atoms with Crippen LogP contribution in [0.15, 0.2) is 18.2 Å². The van der Waals surface area contributed by atoms with E-state index in [9.17, 15) is 8.78 Å². The van der Waals surface area contributed by atoms with Gasteiger partial charge in [0.05, 0.1) is 12.4 Å². The minimum Gasteiger partial charge on any atom is -0.384 e. The van der Waals surface area contributed by atoms with Gasteiger partial charge in [-0.2, -0.15) is 5.26 Å². The number of hydrogen-bond acceptors (Lipinski definition) is 2. The molecule has 0 aliphatic heterocycles. The van der Waals surface area contributed by atoms with E-state index in [0.717, 1.165) is 0 Å². The average molecular weight is 196 g/mol. The van der Waals surface area contributed by atoms with E-state index in [1.54, 1.807) is 12.1 Å². The number of nitrogens with one attached hydrogen (secondary N) is 1. The molecule has 0 spiro atoms. The first kappa shape index (κ1) is 10.5. The van der Waals surface area contributed by atoms with E-state index in [2.05, 4.69) is 5.32 Å². The number of anilines is 1. The molecule has 0 radical (unpaired) electrons. The van der Waals surface area contributed by atoms with Crippen LogP contribution in [0.25, 0.3) is 0 Å². The maximum atomic E-state index is 13.0. The summed E-state index contributed by atoms with van der Waals surface area (Å²) in [5, 5.41) is 11.5. The van der Waals surface area contributed by atoms with Crippen molar-refractivity contribution >= 4 is 5.69 Å². The van der Waals surface area contributed by atoms with Crippen LogP contribution in [0.5, 0.6) is 0 Å². The second-order valence-electron chi connectivity index (χ2n) is 2.74. The van der Waals surface area contributed by atoms with Crippen molar-refractivity contribution in [1.82, 2.24) is 0 Å². The lowest BCUT2D eigenvalue weighted by molar-refractivity contribution is 0.481. The number of nitrogens with zero attached hydrogens (tertiary/aromatic N) is 1. The van der Waals surface area contributed by atoms with Crippen molar-refractivity contribution in [3.63, 3.8) is 0 Å². The summed E-state index contributed by atoms with van der Waals surface area (Å²) in [5.41, 5.74) is 0.396. The molecule has 0 saturated carbocycles. The number of alkyl halides is 1. The van der Waals surface area contributed by atoms with Crippen molar-refractivity contribution in [2.24, 2.45) is 0 Å². The highest BCUT2D eigenvalue weighted by Crippen LogP contribution is 2.17. The molecule has 0 atom stereocenters. The van der Waals surface area contributed by atoms with Crippen LogP contribution in [-0.2, 0) is 0 Å². The molecule has 1 rings (SSSR count). The van der Waals surface area contributed by atoms with Crippen LogP contribution in [0, 0.1) is 17.1 Å². The van der Waals surface area contributed by atoms with Crippen LogP contribution >= 0.6 is 0 Å².